The number of halogens is 3. The number of carbonyl (C=O) groups is 1. The molecule has 0 spiro atoms. The molecule has 0 unspecified atom stereocenters. The van der Waals surface area contributed by atoms with Crippen molar-refractivity contribution in [2.75, 3.05) is 0 Å². The van der Waals surface area contributed by atoms with Crippen molar-refractivity contribution in [2.24, 2.45) is 0 Å². The molecule has 0 bridgehead atoms. The Balaban J connectivity index is 2.01. The van der Waals surface area contributed by atoms with Gasteiger partial charge in [-0.25, -0.2) is 0 Å². The van der Waals surface area contributed by atoms with Gasteiger partial charge in [-0.1, -0.05) is 24.8 Å². The fraction of sp³-hybridized carbons (Fsp3) is 0.105. The molecular formula is C19H15F3N2O. The number of carbonyl (C=O) groups excluding carboxylic acids is 1. The van der Waals surface area contributed by atoms with E-state index in [1.807, 2.05) is 35.0 Å². The summed E-state index contributed by atoms with van der Waals surface area (Å²) in [5.41, 5.74) is 1.65. The van der Waals surface area contributed by atoms with Crippen LogP contribution in [0.25, 0.3) is 16.6 Å². The number of rotatable bonds is 4. The minimum Gasteiger partial charge on any atom is -0.348 e. The maximum absolute atomic E-state index is 12.7. The molecule has 1 heterocycles. The first-order valence-electron chi connectivity index (χ1n) is 7.57. The van der Waals surface area contributed by atoms with Crippen molar-refractivity contribution in [1.29, 1.82) is 0 Å². The summed E-state index contributed by atoms with van der Waals surface area (Å²) in [7, 11) is 0. The number of aromatic nitrogens is 1. The highest BCUT2D eigenvalue weighted by atomic mass is 19.4. The Morgan fingerprint density at radius 1 is 1.12 bits per heavy atom. The van der Waals surface area contributed by atoms with Crippen molar-refractivity contribution < 1.29 is 18.0 Å². The molecule has 1 aromatic heterocycles. The number of hydrogen-bond acceptors (Lipinski definition) is 1. The molecule has 2 aromatic carbocycles. The molecule has 6 heteroatoms. The van der Waals surface area contributed by atoms with Crippen LogP contribution < -0.4 is 5.32 Å². The van der Waals surface area contributed by atoms with Gasteiger partial charge in [0.15, 0.2) is 0 Å². The van der Waals surface area contributed by atoms with Crippen molar-refractivity contribution in [3.63, 3.8) is 0 Å². The molecule has 0 radical (unpaired) electrons. The Morgan fingerprint density at radius 2 is 1.80 bits per heavy atom. The maximum atomic E-state index is 12.7. The van der Waals surface area contributed by atoms with Gasteiger partial charge in [0.05, 0.1) is 11.1 Å². The second-order valence-electron chi connectivity index (χ2n) is 5.51. The number of fused-ring (bicyclic) bond motifs is 1. The van der Waals surface area contributed by atoms with E-state index in [4.69, 9.17) is 0 Å². The molecule has 0 aliphatic heterocycles. The third kappa shape index (κ3) is 3.42. The van der Waals surface area contributed by atoms with Crippen molar-refractivity contribution in [2.45, 2.75) is 12.7 Å². The van der Waals surface area contributed by atoms with E-state index in [2.05, 4.69) is 11.9 Å². The van der Waals surface area contributed by atoms with Crippen LogP contribution in [-0.2, 0) is 17.5 Å². The molecule has 0 saturated carbocycles. The average Bonchev–Trinajstić information content (AvgIpc) is 2.98. The summed E-state index contributed by atoms with van der Waals surface area (Å²) in [5.74, 6) is -0.286. The number of para-hydroxylation sites is 1. The van der Waals surface area contributed by atoms with E-state index in [-0.39, 0.29) is 5.91 Å². The molecular weight excluding hydrogens is 329 g/mol. The topological polar surface area (TPSA) is 34.0 Å². The summed E-state index contributed by atoms with van der Waals surface area (Å²) < 4.78 is 40.0. The lowest BCUT2D eigenvalue weighted by molar-refractivity contribution is -0.137. The summed E-state index contributed by atoms with van der Waals surface area (Å²) in [6, 6.07) is 12.5. The van der Waals surface area contributed by atoms with Crippen molar-refractivity contribution >= 4 is 16.8 Å². The van der Waals surface area contributed by atoms with E-state index in [0.717, 1.165) is 28.6 Å². The van der Waals surface area contributed by atoms with Crippen LogP contribution in [0, 0.1) is 0 Å². The Kier molecular flexibility index (Phi) is 4.35. The summed E-state index contributed by atoms with van der Waals surface area (Å²) in [4.78, 5) is 11.4. The third-order valence-electron chi connectivity index (χ3n) is 3.91. The van der Waals surface area contributed by atoms with E-state index < -0.39 is 11.7 Å². The van der Waals surface area contributed by atoms with Gasteiger partial charge in [0.1, 0.15) is 0 Å². The molecule has 0 saturated heterocycles. The van der Waals surface area contributed by atoms with E-state index in [1.165, 1.54) is 18.2 Å². The van der Waals surface area contributed by atoms with E-state index in [9.17, 15) is 18.0 Å². The molecule has 0 fully saturated rings. The molecule has 3 rings (SSSR count). The highest BCUT2D eigenvalue weighted by Gasteiger charge is 2.30. The van der Waals surface area contributed by atoms with Gasteiger partial charge in [0, 0.05) is 23.8 Å². The Labute approximate surface area is 142 Å². The van der Waals surface area contributed by atoms with Crippen LogP contribution in [0.3, 0.4) is 0 Å². The summed E-state index contributed by atoms with van der Waals surface area (Å²) in [5, 5.41) is 3.64. The van der Waals surface area contributed by atoms with Crippen LogP contribution in [0.4, 0.5) is 13.2 Å². The Morgan fingerprint density at radius 3 is 2.44 bits per heavy atom. The average molecular weight is 344 g/mol. The normalized spacial score (nSPS) is 11.5. The molecule has 1 amide bonds. The molecule has 25 heavy (non-hydrogen) atoms. The van der Waals surface area contributed by atoms with Gasteiger partial charge in [-0.2, -0.15) is 13.2 Å². The largest absolute Gasteiger partial charge is 0.416 e. The summed E-state index contributed by atoms with van der Waals surface area (Å²) in [6.07, 6.45) is -1.36. The van der Waals surface area contributed by atoms with E-state index >= 15 is 0 Å². The second kappa shape index (κ2) is 6.47. The predicted octanol–water partition coefficient (Wildman–Crippen LogP) is 4.45. The lowest BCUT2D eigenvalue weighted by atomic mass is 10.2. The highest BCUT2D eigenvalue weighted by Crippen LogP contribution is 2.31. The lowest BCUT2D eigenvalue weighted by Gasteiger charge is -2.09. The molecule has 0 aliphatic carbocycles. The van der Waals surface area contributed by atoms with Crippen molar-refractivity contribution in [3.05, 3.63) is 78.5 Å². The fourth-order valence-electron chi connectivity index (χ4n) is 2.67. The molecule has 3 aromatic rings. The first-order chi connectivity index (χ1) is 11.9. The van der Waals surface area contributed by atoms with Gasteiger partial charge in [-0.05, 0) is 42.0 Å². The van der Waals surface area contributed by atoms with E-state index in [1.54, 1.807) is 0 Å². The number of nitrogens with one attached hydrogen (secondary N) is 1. The minimum atomic E-state index is -4.36. The van der Waals surface area contributed by atoms with Crippen LogP contribution in [-0.4, -0.2) is 10.5 Å². The van der Waals surface area contributed by atoms with Gasteiger partial charge in [-0.3, -0.25) is 4.79 Å². The summed E-state index contributed by atoms with van der Waals surface area (Å²) in [6.45, 7) is 3.71. The fourth-order valence-corrected chi connectivity index (χ4v) is 2.67. The third-order valence-corrected chi connectivity index (χ3v) is 3.91. The zero-order valence-corrected chi connectivity index (χ0v) is 13.2. The molecule has 1 N–H and O–H groups in total. The maximum Gasteiger partial charge on any atom is 0.416 e. The van der Waals surface area contributed by atoms with E-state index in [0.29, 0.717) is 12.2 Å². The number of alkyl halides is 3. The molecule has 0 aliphatic rings. The van der Waals surface area contributed by atoms with Crippen LogP contribution in [0.1, 0.15) is 11.1 Å². The van der Waals surface area contributed by atoms with Crippen LogP contribution in [0.5, 0.6) is 0 Å². The van der Waals surface area contributed by atoms with Gasteiger partial charge in [-0.15, -0.1) is 0 Å². The molecule has 128 valence electrons. The zero-order chi connectivity index (χ0) is 18.0. The van der Waals surface area contributed by atoms with Gasteiger partial charge in [0.25, 0.3) is 0 Å². The standard InChI is InChI=1S/C19H15F3N2O/c1-2-18(25)23-11-13-12-24(17-6-4-3-5-16(13)17)15-9-7-14(8-10-15)19(20,21)22/h2-10,12H,1,11H2,(H,23,25). The van der Waals surface area contributed by atoms with Gasteiger partial charge < -0.3 is 9.88 Å². The predicted molar refractivity (Wildman–Crippen MR) is 90.3 cm³/mol. The highest BCUT2D eigenvalue weighted by molar-refractivity contribution is 5.88. The minimum absolute atomic E-state index is 0.286. The first-order valence-corrected chi connectivity index (χ1v) is 7.57. The van der Waals surface area contributed by atoms with Crippen molar-refractivity contribution in [1.82, 2.24) is 9.88 Å². The SMILES string of the molecule is C=CC(=O)NCc1cn(-c2ccc(C(F)(F)F)cc2)c2ccccc12. The second-order valence-corrected chi connectivity index (χ2v) is 5.51. The zero-order valence-electron chi connectivity index (χ0n) is 13.2. The van der Waals surface area contributed by atoms with Gasteiger partial charge >= 0.3 is 6.18 Å². The first kappa shape index (κ1) is 16.8. The lowest BCUT2D eigenvalue weighted by Crippen LogP contribution is -2.19. The van der Waals surface area contributed by atoms with Crippen molar-refractivity contribution in [3.8, 4) is 5.69 Å². The van der Waals surface area contributed by atoms with Crippen LogP contribution in [0.2, 0.25) is 0 Å². The summed E-state index contributed by atoms with van der Waals surface area (Å²) >= 11 is 0. The van der Waals surface area contributed by atoms with Crippen LogP contribution in [0.15, 0.2) is 67.4 Å². The van der Waals surface area contributed by atoms with Crippen LogP contribution >= 0.6 is 0 Å². The number of amides is 1. The monoisotopic (exact) mass is 344 g/mol. The Bertz CT molecular complexity index is 924. The number of hydrogen-bond donors (Lipinski definition) is 1. The number of nitrogens with zero attached hydrogens (tertiary/aromatic N) is 1. The number of benzene rings is 2. The smallest absolute Gasteiger partial charge is 0.348 e. The van der Waals surface area contributed by atoms with Gasteiger partial charge in [0.2, 0.25) is 5.91 Å². The Hall–Kier alpha value is -3.02. The molecule has 3 nitrogen and oxygen atoms in total. The molecule has 0 atom stereocenters. The quantitative estimate of drug-likeness (QED) is 0.697.